The number of anilines is 1. The Bertz CT molecular complexity index is 451. The van der Waals surface area contributed by atoms with Gasteiger partial charge in [-0.3, -0.25) is 14.9 Å². The first-order chi connectivity index (χ1) is 7.51. The Morgan fingerprint density at radius 3 is 2.44 bits per heavy atom. The summed E-state index contributed by atoms with van der Waals surface area (Å²) >= 11 is 0. The quantitative estimate of drug-likeness (QED) is 0.606. The number of hydrogen-bond donors (Lipinski definition) is 1. The first kappa shape index (κ1) is 12.2. The fraction of sp³-hybridized carbons (Fsp3) is 0.556. The zero-order valence-electron chi connectivity index (χ0n) is 9.48. The fourth-order valence-corrected chi connectivity index (χ4v) is 1.47. The molecule has 0 saturated carbocycles. The van der Waals surface area contributed by atoms with Crippen LogP contribution in [0.4, 0.5) is 11.5 Å². The van der Waals surface area contributed by atoms with E-state index < -0.39 is 16.2 Å². The predicted molar refractivity (Wildman–Crippen MR) is 59.8 cm³/mol. The van der Waals surface area contributed by atoms with E-state index in [9.17, 15) is 14.9 Å². The highest BCUT2D eigenvalue weighted by molar-refractivity contribution is 5.56. The molecule has 0 aliphatic heterocycles. The van der Waals surface area contributed by atoms with E-state index >= 15 is 0 Å². The molecule has 1 aromatic rings. The van der Waals surface area contributed by atoms with Gasteiger partial charge in [-0.1, -0.05) is 0 Å². The third-order valence-electron chi connectivity index (χ3n) is 2.24. The molecule has 88 valence electrons. The van der Waals surface area contributed by atoms with Crippen LogP contribution in [0.3, 0.4) is 0 Å². The number of aromatic nitrogens is 2. The zero-order chi connectivity index (χ0) is 12.3. The molecule has 0 saturated heterocycles. The second kappa shape index (κ2) is 4.73. The summed E-state index contributed by atoms with van der Waals surface area (Å²) in [7, 11) is 0. The molecule has 1 N–H and O–H groups in total. The van der Waals surface area contributed by atoms with Crippen LogP contribution in [0.1, 0.15) is 19.7 Å². The highest BCUT2D eigenvalue weighted by atomic mass is 16.6. The minimum atomic E-state index is -0.709. The molecule has 0 unspecified atom stereocenters. The largest absolute Gasteiger partial charge is 0.375 e. The average molecular weight is 226 g/mol. The van der Waals surface area contributed by atoms with Crippen LogP contribution in [-0.2, 0) is 0 Å². The first-order valence-electron chi connectivity index (χ1n) is 5.01. The van der Waals surface area contributed by atoms with Crippen molar-refractivity contribution in [1.29, 1.82) is 0 Å². The van der Waals surface area contributed by atoms with Gasteiger partial charge < -0.3 is 9.88 Å². The van der Waals surface area contributed by atoms with Crippen LogP contribution in [0.15, 0.2) is 4.79 Å². The third-order valence-corrected chi connectivity index (χ3v) is 2.24. The van der Waals surface area contributed by atoms with E-state index in [-0.39, 0.29) is 5.82 Å². The lowest BCUT2D eigenvalue weighted by Gasteiger charge is -2.18. The first-order valence-corrected chi connectivity index (χ1v) is 5.01. The molecule has 0 spiro atoms. The summed E-state index contributed by atoms with van der Waals surface area (Å²) in [6.45, 7) is 6.43. The molecule has 0 aromatic carbocycles. The summed E-state index contributed by atoms with van der Waals surface area (Å²) in [6.07, 6.45) is 0. The molecule has 7 nitrogen and oxygen atoms in total. The van der Waals surface area contributed by atoms with Gasteiger partial charge in [0, 0.05) is 13.1 Å². The van der Waals surface area contributed by atoms with E-state index in [0.29, 0.717) is 18.9 Å². The summed E-state index contributed by atoms with van der Waals surface area (Å²) in [5.41, 5.74) is -1.20. The number of H-pyrrole nitrogens is 1. The number of nitrogens with zero attached hydrogens (tertiary/aromatic N) is 3. The van der Waals surface area contributed by atoms with Crippen LogP contribution >= 0.6 is 0 Å². The summed E-state index contributed by atoms with van der Waals surface area (Å²) in [4.78, 5) is 29.6. The molecule has 16 heavy (non-hydrogen) atoms. The Morgan fingerprint density at radius 1 is 1.44 bits per heavy atom. The maximum atomic E-state index is 11.5. The molecule has 0 aliphatic carbocycles. The van der Waals surface area contributed by atoms with Gasteiger partial charge in [0.15, 0.2) is 0 Å². The molecule has 1 rings (SSSR count). The lowest BCUT2D eigenvalue weighted by atomic mass is 10.4. The van der Waals surface area contributed by atoms with Crippen LogP contribution in [0.25, 0.3) is 0 Å². The van der Waals surface area contributed by atoms with Crippen LogP contribution in [-0.4, -0.2) is 28.0 Å². The molecular formula is C9H14N4O3. The molecule has 0 bridgehead atoms. The second-order valence-electron chi connectivity index (χ2n) is 3.25. The smallest absolute Gasteiger partial charge is 0.351 e. The monoisotopic (exact) mass is 226 g/mol. The number of hydrogen-bond acceptors (Lipinski definition) is 5. The highest BCUT2D eigenvalue weighted by Crippen LogP contribution is 2.20. The van der Waals surface area contributed by atoms with Crippen molar-refractivity contribution in [2.45, 2.75) is 20.8 Å². The standard InChI is InChI=1S/C9H14N4O3/c1-4-12(5-2)8-7(13(15)16)9(14)11-6(3)10-8/h4-5H2,1-3H3,(H,10,11,14). The van der Waals surface area contributed by atoms with Crippen molar-refractivity contribution < 1.29 is 4.92 Å². The van der Waals surface area contributed by atoms with E-state index in [2.05, 4.69) is 9.97 Å². The van der Waals surface area contributed by atoms with Gasteiger partial charge in [0.05, 0.1) is 4.92 Å². The van der Waals surface area contributed by atoms with E-state index in [1.165, 1.54) is 0 Å². The molecule has 1 heterocycles. The van der Waals surface area contributed by atoms with Crippen molar-refractivity contribution in [2.75, 3.05) is 18.0 Å². The van der Waals surface area contributed by atoms with Crippen LogP contribution in [0.5, 0.6) is 0 Å². The van der Waals surface area contributed by atoms with Gasteiger partial charge in [0.2, 0.25) is 5.82 Å². The molecule has 1 aromatic heterocycles. The summed E-state index contributed by atoms with van der Waals surface area (Å²) in [5, 5.41) is 10.8. The Labute approximate surface area is 92.3 Å². The van der Waals surface area contributed by atoms with E-state index in [0.717, 1.165) is 0 Å². The molecule has 0 fully saturated rings. The average Bonchev–Trinajstić information content (AvgIpc) is 2.17. The normalized spacial score (nSPS) is 10.2. The molecular weight excluding hydrogens is 212 g/mol. The van der Waals surface area contributed by atoms with Crippen molar-refractivity contribution in [3.63, 3.8) is 0 Å². The maximum Gasteiger partial charge on any atom is 0.375 e. The highest BCUT2D eigenvalue weighted by Gasteiger charge is 2.24. The SMILES string of the molecule is CCN(CC)c1nc(C)[nH]c(=O)c1[N+](=O)[O-]. The Balaban J connectivity index is 3.46. The second-order valence-corrected chi connectivity index (χ2v) is 3.25. The van der Waals surface area contributed by atoms with Gasteiger partial charge in [0.25, 0.3) is 0 Å². The van der Waals surface area contributed by atoms with Crippen molar-refractivity contribution in [3.8, 4) is 0 Å². The summed E-state index contributed by atoms with van der Waals surface area (Å²) < 4.78 is 0. The van der Waals surface area contributed by atoms with Gasteiger partial charge in [-0.15, -0.1) is 0 Å². The molecule has 7 heteroatoms. The van der Waals surface area contributed by atoms with Crippen molar-refractivity contribution in [1.82, 2.24) is 9.97 Å². The molecule has 0 amide bonds. The fourth-order valence-electron chi connectivity index (χ4n) is 1.47. The number of nitrogens with one attached hydrogen (secondary N) is 1. The molecule has 0 atom stereocenters. The van der Waals surface area contributed by atoms with Crippen LogP contribution in [0.2, 0.25) is 0 Å². The third kappa shape index (κ3) is 2.18. The van der Waals surface area contributed by atoms with Gasteiger partial charge >= 0.3 is 11.2 Å². The Hall–Kier alpha value is -1.92. The van der Waals surface area contributed by atoms with Crippen LogP contribution < -0.4 is 10.5 Å². The van der Waals surface area contributed by atoms with Gasteiger partial charge in [-0.05, 0) is 20.8 Å². The number of aryl methyl sites for hydroxylation is 1. The maximum absolute atomic E-state index is 11.5. The minimum Gasteiger partial charge on any atom is -0.351 e. The van der Waals surface area contributed by atoms with E-state index in [4.69, 9.17) is 0 Å². The van der Waals surface area contributed by atoms with Gasteiger partial charge in [-0.25, -0.2) is 4.98 Å². The van der Waals surface area contributed by atoms with Crippen molar-refractivity contribution >= 4 is 11.5 Å². The summed E-state index contributed by atoms with van der Waals surface area (Å²) in [6, 6.07) is 0. The molecule has 0 aliphatic rings. The minimum absolute atomic E-state index is 0.135. The topological polar surface area (TPSA) is 92.1 Å². The lowest BCUT2D eigenvalue weighted by Crippen LogP contribution is -2.28. The summed E-state index contributed by atoms with van der Waals surface area (Å²) in [5.74, 6) is 0.508. The Morgan fingerprint density at radius 2 is 2.00 bits per heavy atom. The Kier molecular flexibility index (Phi) is 3.60. The number of nitro groups is 1. The van der Waals surface area contributed by atoms with Crippen molar-refractivity contribution in [3.05, 3.63) is 26.3 Å². The van der Waals surface area contributed by atoms with E-state index in [1.807, 2.05) is 13.8 Å². The van der Waals surface area contributed by atoms with Gasteiger partial charge in [-0.2, -0.15) is 0 Å². The van der Waals surface area contributed by atoms with E-state index in [1.54, 1.807) is 11.8 Å². The molecule has 0 radical (unpaired) electrons. The number of aromatic amines is 1. The van der Waals surface area contributed by atoms with Gasteiger partial charge in [0.1, 0.15) is 5.82 Å². The zero-order valence-corrected chi connectivity index (χ0v) is 9.48. The predicted octanol–water partition coefficient (Wildman–Crippen LogP) is 0.833. The lowest BCUT2D eigenvalue weighted by molar-refractivity contribution is -0.385. The van der Waals surface area contributed by atoms with Crippen LogP contribution in [0, 0.1) is 17.0 Å². The number of rotatable bonds is 4. The van der Waals surface area contributed by atoms with Crippen molar-refractivity contribution in [2.24, 2.45) is 0 Å².